The number of anilines is 1. The largest absolute Gasteiger partial charge is 0.497 e. The molecule has 2 aromatic carbocycles. The first-order chi connectivity index (χ1) is 14.0. The zero-order valence-electron chi connectivity index (χ0n) is 16.5. The monoisotopic (exact) mass is 394 g/mol. The van der Waals surface area contributed by atoms with Gasteiger partial charge in [0, 0.05) is 41.7 Å². The zero-order valence-corrected chi connectivity index (χ0v) is 16.5. The third-order valence-corrected chi connectivity index (χ3v) is 4.78. The summed E-state index contributed by atoms with van der Waals surface area (Å²) in [6.45, 7) is 3.87. The summed E-state index contributed by atoms with van der Waals surface area (Å²) in [4.78, 5) is 25.2. The van der Waals surface area contributed by atoms with Gasteiger partial charge in [0.1, 0.15) is 5.75 Å². The predicted molar refractivity (Wildman–Crippen MR) is 110 cm³/mol. The van der Waals surface area contributed by atoms with E-state index >= 15 is 0 Å². The summed E-state index contributed by atoms with van der Waals surface area (Å²) in [5.41, 5.74) is 2.85. The van der Waals surface area contributed by atoms with Crippen molar-refractivity contribution in [2.75, 3.05) is 18.6 Å². The molecule has 1 atom stereocenters. The number of hydrogen-bond acceptors (Lipinski definition) is 6. The number of carbonyl (C=O) groups is 1. The number of methoxy groups -OCH3 is 1. The van der Waals surface area contributed by atoms with Crippen molar-refractivity contribution in [3.63, 3.8) is 0 Å². The Morgan fingerprint density at radius 3 is 2.55 bits per heavy atom. The first-order valence-corrected chi connectivity index (χ1v) is 9.20. The molecular formula is C22H22N2O5. The van der Waals surface area contributed by atoms with E-state index in [-0.39, 0.29) is 18.2 Å². The molecular weight excluding hydrogens is 372 g/mol. The van der Waals surface area contributed by atoms with Crippen molar-refractivity contribution in [1.29, 1.82) is 0 Å². The van der Waals surface area contributed by atoms with Crippen molar-refractivity contribution < 1.29 is 19.2 Å². The molecule has 1 aliphatic rings. The van der Waals surface area contributed by atoms with Crippen LogP contribution >= 0.6 is 0 Å². The Kier molecular flexibility index (Phi) is 5.97. The van der Waals surface area contributed by atoms with Crippen LogP contribution in [0.25, 0.3) is 0 Å². The van der Waals surface area contributed by atoms with Crippen molar-refractivity contribution in [2.24, 2.45) is 0 Å². The van der Waals surface area contributed by atoms with Crippen LogP contribution in [0.4, 0.5) is 11.4 Å². The van der Waals surface area contributed by atoms with Gasteiger partial charge in [-0.1, -0.05) is 24.3 Å². The molecule has 0 bridgehead atoms. The molecule has 0 fully saturated rings. The molecule has 0 radical (unpaired) electrons. The lowest BCUT2D eigenvalue weighted by Crippen LogP contribution is -2.26. The molecule has 0 saturated carbocycles. The van der Waals surface area contributed by atoms with Gasteiger partial charge in [-0.05, 0) is 31.5 Å². The van der Waals surface area contributed by atoms with Gasteiger partial charge in [-0.3, -0.25) is 10.1 Å². The lowest BCUT2D eigenvalue weighted by atomic mass is 9.87. The summed E-state index contributed by atoms with van der Waals surface area (Å²) in [6, 6.07) is 13.7. The fraction of sp³-hybridized carbons (Fsp3) is 0.227. The Labute approximate surface area is 169 Å². The number of rotatable bonds is 6. The van der Waals surface area contributed by atoms with E-state index in [1.807, 2.05) is 48.4 Å². The standard InChI is InChI=1S/C22H22N2O5/c1-4-29-22(25)21-15(2)23(18-6-5-7-19(14-18)28-3)13-12-20(21)16-8-10-17(11-9-16)24(26)27/h5-14,20H,4H2,1-3H3. The lowest BCUT2D eigenvalue weighted by molar-refractivity contribution is -0.384. The van der Waals surface area contributed by atoms with E-state index in [0.29, 0.717) is 11.3 Å². The molecule has 1 unspecified atom stereocenters. The molecule has 2 aromatic rings. The first-order valence-electron chi connectivity index (χ1n) is 9.20. The number of ether oxygens (including phenoxy) is 2. The number of non-ortho nitro benzene ring substituents is 1. The number of benzene rings is 2. The minimum absolute atomic E-state index is 0.00457. The molecule has 7 nitrogen and oxygen atoms in total. The van der Waals surface area contributed by atoms with E-state index in [4.69, 9.17) is 9.47 Å². The average Bonchev–Trinajstić information content (AvgIpc) is 2.73. The lowest BCUT2D eigenvalue weighted by Gasteiger charge is -2.31. The molecule has 7 heteroatoms. The second-order valence-corrected chi connectivity index (χ2v) is 6.46. The number of carbonyl (C=O) groups excluding carboxylic acids is 1. The number of nitro groups is 1. The van der Waals surface area contributed by atoms with Crippen LogP contribution in [-0.2, 0) is 9.53 Å². The van der Waals surface area contributed by atoms with Crippen molar-refractivity contribution in [3.8, 4) is 5.75 Å². The molecule has 0 N–H and O–H groups in total. The highest BCUT2D eigenvalue weighted by Crippen LogP contribution is 2.37. The van der Waals surface area contributed by atoms with E-state index in [1.165, 1.54) is 12.1 Å². The van der Waals surface area contributed by atoms with E-state index in [0.717, 1.165) is 16.9 Å². The molecule has 0 aliphatic carbocycles. The smallest absolute Gasteiger partial charge is 0.336 e. The van der Waals surface area contributed by atoms with Crippen LogP contribution in [0, 0.1) is 10.1 Å². The van der Waals surface area contributed by atoms with E-state index in [1.54, 1.807) is 26.2 Å². The summed E-state index contributed by atoms with van der Waals surface area (Å²) in [5, 5.41) is 10.9. The molecule has 0 saturated heterocycles. The molecule has 0 aromatic heterocycles. The third-order valence-electron chi connectivity index (χ3n) is 4.78. The zero-order chi connectivity index (χ0) is 21.0. The van der Waals surface area contributed by atoms with Crippen molar-refractivity contribution in [1.82, 2.24) is 0 Å². The van der Waals surface area contributed by atoms with Crippen LogP contribution in [-0.4, -0.2) is 24.6 Å². The molecule has 3 rings (SSSR count). The van der Waals surface area contributed by atoms with Gasteiger partial charge in [-0.15, -0.1) is 0 Å². The Hall–Kier alpha value is -3.61. The minimum Gasteiger partial charge on any atom is -0.497 e. The molecule has 29 heavy (non-hydrogen) atoms. The Balaban J connectivity index is 2.04. The summed E-state index contributed by atoms with van der Waals surface area (Å²) < 4.78 is 10.6. The van der Waals surface area contributed by atoms with E-state index < -0.39 is 10.9 Å². The second kappa shape index (κ2) is 8.60. The van der Waals surface area contributed by atoms with E-state index in [2.05, 4.69) is 0 Å². The van der Waals surface area contributed by atoms with Crippen LogP contribution in [0.2, 0.25) is 0 Å². The molecule has 1 heterocycles. The Bertz CT molecular complexity index is 979. The fourth-order valence-electron chi connectivity index (χ4n) is 3.34. The number of hydrogen-bond donors (Lipinski definition) is 0. The highest BCUT2D eigenvalue weighted by Gasteiger charge is 2.30. The average molecular weight is 394 g/mol. The van der Waals surface area contributed by atoms with Crippen molar-refractivity contribution in [3.05, 3.63) is 87.8 Å². The summed E-state index contributed by atoms with van der Waals surface area (Å²) in [5.74, 6) is -0.0683. The second-order valence-electron chi connectivity index (χ2n) is 6.46. The Morgan fingerprint density at radius 1 is 1.21 bits per heavy atom. The van der Waals surface area contributed by atoms with E-state index in [9.17, 15) is 14.9 Å². The summed E-state index contributed by atoms with van der Waals surface area (Å²) >= 11 is 0. The SMILES string of the molecule is CCOC(=O)C1=C(C)N(c2cccc(OC)c2)C=CC1c1ccc([N+](=O)[O-])cc1. The van der Waals surface area contributed by atoms with Crippen LogP contribution in [0.3, 0.4) is 0 Å². The van der Waals surface area contributed by atoms with Crippen LogP contribution in [0.15, 0.2) is 72.1 Å². The molecule has 0 spiro atoms. The molecule has 1 aliphatic heterocycles. The number of esters is 1. The van der Waals surface area contributed by atoms with Crippen LogP contribution in [0.1, 0.15) is 25.3 Å². The maximum Gasteiger partial charge on any atom is 0.336 e. The van der Waals surface area contributed by atoms with Crippen molar-refractivity contribution in [2.45, 2.75) is 19.8 Å². The predicted octanol–water partition coefficient (Wildman–Crippen LogP) is 4.56. The minimum atomic E-state index is -0.446. The number of nitro benzene ring substituents is 1. The van der Waals surface area contributed by atoms with Gasteiger partial charge in [0.2, 0.25) is 0 Å². The van der Waals surface area contributed by atoms with Gasteiger partial charge in [-0.2, -0.15) is 0 Å². The molecule has 150 valence electrons. The number of nitrogens with zero attached hydrogens (tertiary/aromatic N) is 2. The normalized spacial score (nSPS) is 16.0. The van der Waals surface area contributed by atoms with Crippen LogP contribution in [0.5, 0.6) is 5.75 Å². The summed E-state index contributed by atoms with van der Waals surface area (Å²) in [6.07, 6.45) is 3.78. The topological polar surface area (TPSA) is 81.9 Å². The van der Waals surface area contributed by atoms with Gasteiger partial charge in [0.25, 0.3) is 5.69 Å². The third kappa shape index (κ3) is 4.13. The Morgan fingerprint density at radius 2 is 1.93 bits per heavy atom. The van der Waals surface area contributed by atoms with Gasteiger partial charge < -0.3 is 14.4 Å². The quantitative estimate of drug-likeness (QED) is 0.406. The summed E-state index contributed by atoms with van der Waals surface area (Å²) in [7, 11) is 1.60. The van der Waals surface area contributed by atoms with Gasteiger partial charge in [0.05, 0.1) is 24.2 Å². The maximum atomic E-state index is 12.8. The highest BCUT2D eigenvalue weighted by molar-refractivity contribution is 5.93. The maximum absolute atomic E-state index is 12.8. The van der Waals surface area contributed by atoms with Gasteiger partial charge in [0.15, 0.2) is 0 Å². The van der Waals surface area contributed by atoms with Gasteiger partial charge >= 0.3 is 5.97 Å². The molecule has 0 amide bonds. The van der Waals surface area contributed by atoms with Crippen LogP contribution < -0.4 is 9.64 Å². The van der Waals surface area contributed by atoms with Crippen molar-refractivity contribution >= 4 is 17.3 Å². The van der Waals surface area contributed by atoms with Gasteiger partial charge in [-0.25, -0.2) is 4.79 Å². The highest BCUT2D eigenvalue weighted by atomic mass is 16.6. The fourth-order valence-corrected chi connectivity index (χ4v) is 3.34. The first kappa shape index (κ1) is 20.1. The number of allylic oxidation sites excluding steroid dienone is 2.